The number of carboxylic acids is 1. The van der Waals surface area contributed by atoms with E-state index >= 15 is 0 Å². The number of anilines is 1. The number of hydrazone groups is 1. The predicted molar refractivity (Wildman–Crippen MR) is 95.0 cm³/mol. The van der Waals surface area contributed by atoms with Crippen molar-refractivity contribution in [3.8, 4) is 0 Å². The first-order chi connectivity index (χ1) is 11.4. The number of aliphatic carboxylic acids is 1. The summed E-state index contributed by atoms with van der Waals surface area (Å²) in [7, 11) is 0. The van der Waals surface area contributed by atoms with Gasteiger partial charge in [-0.15, -0.1) is 0 Å². The Labute approximate surface area is 142 Å². The van der Waals surface area contributed by atoms with Gasteiger partial charge < -0.3 is 10.0 Å². The van der Waals surface area contributed by atoms with Crippen molar-refractivity contribution >= 4 is 29.4 Å². The number of amides is 1. The van der Waals surface area contributed by atoms with E-state index in [-0.39, 0.29) is 5.91 Å². The van der Waals surface area contributed by atoms with Crippen LogP contribution in [0.15, 0.2) is 34.9 Å². The number of hydrogen-bond donors (Lipinski definition) is 1. The Balaban J connectivity index is 2.24. The topological polar surface area (TPSA) is 73.2 Å². The standard InChI is InChI=1S/C18H23N3O3/c1-5-20(13(4)18(23)24)15-9-7-14(8-10-15)11-16-12(3)19-21(6-2)17(16)22/h7-11,13H,5-6H2,1-4H3,(H,23,24)/b16-11-. The second kappa shape index (κ2) is 7.29. The lowest BCUT2D eigenvalue weighted by molar-refractivity contribution is -0.138. The molecule has 1 amide bonds. The van der Waals surface area contributed by atoms with Crippen LogP contribution in [0, 0.1) is 0 Å². The number of carbonyl (C=O) groups is 2. The monoisotopic (exact) mass is 329 g/mol. The molecule has 1 aromatic rings. The molecule has 1 aliphatic rings. The van der Waals surface area contributed by atoms with Gasteiger partial charge in [0.15, 0.2) is 0 Å². The summed E-state index contributed by atoms with van der Waals surface area (Å²) < 4.78 is 0. The largest absolute Gasteiger partial charge is 0.480 e. The van der Waals surface area contributed by atoms with Gasteiger partial charge in [0, 0.05) is 18.8 Å². The Morgan fingerprint density at radius 3 is 2.42 bits per heavy atom. The van der Waals surface area contributed by atoms with E-state index in [0.717, 1.165) is 11.3 Å². The predicted octanol–water partition coefficient (Wildman–Crippen LogP) is 2.61. The van der Waals surface area contributed by atoms with Crippen molar-refractivity contribution in [1.82, 2.24) is 5.01 Å². The number of likely N-dealkylation sites (N-methyl/N-ethyl adjacent to an activating group) is 2. The zero-order valence-corrected chi connectivity index (χ0v) is 14.5. The van der Waals surface area contributed by atoms with Gasteiger partial charge in [-0.2, -0.15) is 5.10 Å². The minimum atomic E-state index is -0.855. The van der Waals surface area contributed by atoms with Crippen LogP contribution in [0.25, 0.3) is 6.08 Å². The van der Waals surface area contributed by atoms with Gasteiger partial charge in [0.2, 0.25) is 0 Å². The van der Waals surface area contributed by atoms with Gasteiger partial charge in [-0.25, -0.2) is 9.80 Å². The van der Waals surface area contributed by atoms with Gasteiger partial charge in [0.05, 0.1) is 11.3 Å². The van der Waals surface area contributed by atoms with Crippen molar-refractivity contribution in [2.45, 2.75) is 33.7 Å². The molecule has 1 N–H and O–H groups in total. The van der Waals surface area contributed by atoms with Crippen molar-refractivity contribution in [2.24, 2.45) is 5.10 Å². The molecule has 0 bridgehead atoms. The fourth-order valence-corrected chi connectivity index (χ4v) is 2.70. The molecule has 128 valence electrons. The van der Waals surface area contributed by atoms with E-state index in [1.54, 1.807) is 6.92 Å². The quantitative estimate of drug-likeness (QED) is 0.814. The fourth-order valence-electron chi connectivity index (χ4n) is 2.70. The summed E-state index contributed by atoms with van der Waals surface area (Å²) in [5.41, 5.74) is 3.03. The summed E-state index contributed by atoms with van der Waals surface area (Å²) in [6.07, 6.45) is 1.82. The molecule has 1 aliphatic heterocycles. The van der Waals surface area contributed by atoms with Crippen molar-refractivity contribution in [3.63, 3.8) is 0 Å². The molecule has 1 atom stereocenters. The maximum absolute atomic E-state index is 12.2. The first kappa shape index (κ1) is 17.7. The molecular weight excluding hydrogens is 306 g/mol. The molecule has 0 spiro atoms. The number of carbonyl (C=O) groups excluding carboxylic acids is 1. The van der Waals surface area contributed by atoms with Crippen molar-refractivity contribution < 1.29 is 14.7 Å². The van der Waals surface area contributed by atoms with Crippen LogP contribution in [0.1, 0.15) is 33.3 Å². The first-order valence-electron chi connectivity index (χ1n) is 8.07. The van der Waals surface area contributed by atoms with Gasteiger partial charge in [0.25, 0.3) is 5.91 Å². The van der Waals surface area contributed by atoms with Crippen LogP contribution in [0.2, 0.25) is 0 Å². The van der Waals surface area contributed by atoms with Crippen LogP contribution >= 0.6 is 0 Å². The Hall–Kier alpha value is -2.63. The maximum atomic E-state index is 12.2. The van der Waals surface area contributed by atoms with Gasteiger partial charge in [0.1, 0.15) is 6.04 Å². The number of benzene rings is 1. The van der Waals surface area contributed by atoms with E-state index in [2.05, 4.69) is 5.10 Å². The normalized spacial score (nSPS) is 17.2. The van der Waals surface area contributed by atoms with E-state index < -0.39 is 12.0 Å². The Morgan fingerprint density at radius 1 is 1.33 bits per heavy atom. The zero-order valence-electron chi connectivity index (χ0n) is 14.5. The molecule has 1 aromatic carbocycles. The highest BCUT2D eigenvalue weighted by molar-refractivity contribution is 6.26. The molecule has 2 rings (SSSR count). The Bertz CT molecular complexity index is 692. The molecule has 0 saturated carbocycles. The minimum absolute atomic E-state index is 0.0891. The molecule has 6 nitrogen and oxygen atoms in total. The smallest absolute Gasteiger partial charge is 0.326 e. The second-order valence-electron chi connectivity index (χ2n) is 5.66. The average molecular weight is 329 g/mol. The molecule has 1 heterocycles. The third kappa shape index (κ3) is 3.48. The van der Waals surface area contributed by atoms with Gasteiger partial charge >= 0.3 is 5.97 Å². The van der Waals surface area contributed by atoms with Crippen molar-refractivity contribution in [1.29, 1.82) is 0 Å². The van der Waals surface area contributed by atoms with E-state index in [1.165, 1.54) is 5.01 Å². The van der Waals surface area contributed by atoms with Gasteiger partial charge in [-0.3, -0.25) is 4.79 Å². The lowest BCUT2D eigenvalue weighted by Crippen LogP contribution is -2.38. The Kier molecular flexibility index (Phi) is 5.39. The lowest BCUT2D eigenvalue weighted by atomic mass is 10.1. The van der Waals surface area contributed by atoms with Crippen LogP contribution in [-0.4, -0.2) is 46.8 Å². The van der Waals surface area contributed by atoms with Crippen molar-refractivity contribution in [2.75, 3.05) is 18.0 Å². The van der Waals surface area contributed by atoms with Crippen LogP contribution in [0.4, 0.5) is 5.69 Å². The van der Waals surface area contributed by atoms with Gasteiger partial charge in [-0.1, -0.05) is 12.1 Å². The third-order valence-electron chi connectivity index (χ3n) is 4.13. The lowest BCUT2D eigenvalue weighted by Gasteiger charge is -2.27. The molecule has 6 heteroatoms. The molecule has 1 unspecified atom stereocenters. The average Bonchev–Trinajstić information content (AvgIpc) is 2.84. The van der Waals surface area contributed by atoms with Crippen LogP contribution < -0.4 is 4.90 Å². The number of carboxylic acid groups (broad SMARTS) is 1. The van der Waals surface area contributed by atoms with Crippen LogP contribution in [0.3, 0.4) is 0 Å². The second-order valence-corrected chi connectivity index (χ2v) is 5.66. The summed E-state index contributed by atoms with van der Waals surface area (Å²) in [6, 6.07) is 6.92. The van der Waals surface area contributed by atoms with Crippen LogP contribution in [-0.2, 0) is 9.59 Å². The maximum Gasteiger partial charge on any atom is 0.326 e. The summed E-state index contributed by atoms with van der Waals surface area (Å²) >= 11 is 0. The van der Waals surface area contributed by atoms with Crippen molar-refractivity contribution in [3.05, 3.63) is 35.4 Å². The third-order valence-corrected chi connectivity index (χ3v) is 4.13. The SMILES string of the molecule is CCN1N=C(C)/C(=C/c2ccc(N(CC)C(C)C(=O)O)cc2)C1=O. The first-order valence-corrected chi connectivity index (χ1v) is 8.07. The zero-order chi connectivity index (χ0) is 17.9. The number of nitrogens with zero attached hydrogens (tertiary/aromatic N) is 3. The molecule has 0 fully saturated rings. The molecular formula is C18H23N3O3. The highest BCUT2D eigenvalue weighted by Crippen LogP contribution is 2.22. The highest BCUT2D eigenvalue weighted by atomic mass is 16.4. The molecule has 0 radical (unpaired) electrons. The summed E-state index contributed by atoms with van der Waals surface area (Å²) in [4.78, 5) is 25.2. The van der Waals surface area contributed by atoms with E-state index in [4.69, 9.17) is 0 Å². The minimum Gasteiger partial charge on any atom is -0.480 e. The van der Waals surface area contributed by atoms with E-state index in [9.17, 15) is 14.7 Å². The molecule has 0 saturated heterocycles. The van der Waals surface area contributed by atoms with Gasteiger partial charge in [-0.05, 0) is 51.5 Å². The summed E-state index contributed by atoms with van der Waals surface area (Å²) in [5, 5.41) is 14.9. The Morgan fingerprint density at radius 2 is 1.96 bits per heavy atom. The molecule has 24 heavy (non-hydrogen) atoms. The fraction of sp³-hybridized carbons (Fsp3) is 0.389. The number of rotatable bonds is 6. The summed E-state index contributed by atoms with van der Waals surface area (Å²) in [6.45, 7) is 8.44. The molecule has 0 aliphatic carbocycles. The highest BCUT2D eigenvalue weighted by Gasteiger charge is 2.26. The van der Waals surface area contributed by atoms with Crippen LogP contribution in [0.5, 0.6) is 0 Å². The van der Waals surface area contributed by atoms with E-state index in [0.29, 0.717) is 24.4 Å². The summed E-state index contributed by atoms with van der Waals surface area (Å²) in [5.74, 6) is -0.945. The molecule has 0 aromatic heterocycles. The number of hydrogen-bond acceptors (Lipinski definition) is 4. The van der Waals surface area contributed by atoms with E-state index in [1.807, 2.05) is 56.0 Å².